The van der Waals surface area contributed by atoms with Gasteiger partial charge in [-0.1, -0.05) is 29.8 Å². The van der Waals surface area contributed by atoms with Gasteiger partial charge in [0.2, 0.25) is 5.91 Å². The van der Waals surface area contributed by atoms with Gasteiger partial charge in [0, 0.05) is 18.8 Å². The molecule has 3 nitrogen and oxygen atoms in total. The third-order valence-corrected chi connectivity index (χ3v) is 3.01. The minimum atomic E-state index is 0.164. The van der Waals surface area contributed by atoms with Crippen molar-refractivity contribution in [2.24, 2.45) is 0 Å². The van der Waals surface area contributed by atoms with E-state index in [1.807, 2.05) is 35.2 Å². The molecule has 0 atom stereocenters. The molecule has 0 fully saturated rings. The molecule has 0 aromatic heterocycles. The van der Waals surface area contributed by atoms with Crippen LogP contribution in [-0.4, -0.2) is 30.4 Å². The van der Waals surface area contributed by atoms with Crippen LogP contribution >= 0.6 is 0 Å². The minimum absolute atomic E-state index is 0.164. The molecule has 17 heavy (non-hydrogen) atoms. The fraction of sp³-hybridized carbons (Fsp3) is 0.357. The lowest BCUT2D eigenvalue weighted by atomic mass is 10.1. The summed E-state index contributed by atoms with van der Waals surface area (Å²) in [5.41, 5.74) is 2.37. The second-order valence-electron chi connectivity index (χ2n) is 4.36. The predicted octanol–water partition coefficient (Wildman–Crippen LogP) is 2.28. The Balaban J connectivity index is 1.82. The SMILES string of the molecule is CC1=CCN(C(=O)CNc2ccccc2)CC1. The van der Waals surface area contributed by atoms with E-state index in [4.69, 9.17) is 0 Å². The topological polar surface area (TPSA) is 32.3 Å². The van der Waals surface area contributed by atoms with Gasteiger partial charge < -0.3 is 10.2 Å². The van der Waals surface area contributed by atoms with Gasteiger partial charge in [-0.2, -0.15) is 0 Å². The van der Waals surface area contributed by atoms with E-state index in [-0.39, 0.29) is 5.91 Å². The normalized spacial score (nSPS) is 15.4. The van der Waals surface area contributed by atoms with Gasteiger partial charge in [0.15, 0.2) is 0 Å². The number of hydrogen-bond acceptors (Lipinski definition) is 2. The first kappa shape index (κ1) is 11.7. The molecule has 1 aliphatic heterocycles. The van der Waals surface area contributed by atoms with Gasteiger partial charge >= 0.3 is 0 Å². The molecule has 1 heterocycles. The molecule has 0 aliphatic carbocycles. The average Bonchev–Trinajstić information content (AvgIpc) is 2.38. The van der Waals surface area contributed by atoms with E-state index in [1.54, 1.807) is 0 Å². The van der Waals surface area contributed by atoms with Crippen LogP contribution in [0.25, 0.3) is 0 Å². The highest BCUT2D eigenvalue weighted by Gasteiger charge is 2.14. The first-order chi connectivity index (χ1) is 8.25. The molecule has 0 bridgehead atoms. The number of nitrogens with one attached hydrogen (secondary N) is 1. The summed E-state index contributed by atoms with van der Waals surface area (Å²) in [4.78, 5) is 13.8. The summed E-state index contributed by atoms with van der Waals surface area (Å²) in [6, 6.07) is 9.81. The van der Waals surface area contributed by atoms with E-state index in [1.165, 1.54) is 5.57 Å². The molecule has 90 valence electrons. The summed E-state index contributed by atoms with van der Waals surface area (Å²) in [5.74, 6) is 0.164. The Kier molecular flexibility index (Phi) is 3.81. The van der Waals surface area contributed by atoms with Crippen LogP contribution in [0.5, 0.6) is 0 Å². The number of amides is 1. The standard InChI is InChI=1S/C14H18N2O/c1-12-7-9-16(10-8-12)14(17)11-15-13-5-3-2-4-6-13/h2-7,15H,8-11H2,1H3. The van der Waals surface area contributed by atoms with Crippen LogP contribution in [-0.2, 0) is 4.79 Å². The smallest absolute Gasteiger partial charge is 0.242 e. The van der Waals surface area contributed by atoms with Crippen molar-refractivity contribution in [2.75, 3.05) is 25.0 Å². The van der Waals surface area contributed by atoms with Crippen molar-refractivity contribution >= 4 is 11.6 Å². The molecule has 0 radical (unpaired) electrons. The minimum Gasteiger partial charge on any atom is -0.376 e. The van der Waals surface area contributed by atoms with Crippen molar-refractivity contribution in [3.8, 4) is 0 Å². The molecule has 2 rings (SSSR count). The van der Waals surface area contributed by atoms with Crippen molar-refractivity contribution in [2.45, 2.75) is 13.3 Å². The zero-order valence-corrected chi connectivity index (χ0v) is 10.1. The Labute approximate surface area is 102 Å². The zero-order valence-electron chi connectivity index (χ0n) is 10.1. The van der Waals surface area contributed by atoms with Crippen LogP contribution in [0, 0.1) is 0 Å². The lowest BCUT2D eigenvalue weighted by Crippen LogP contribution is -2.38. The molecule has 3 heteroatoms. The Morgan fingerprint density at radius 2 is 2.12 bits per heavy atom. The van der Waals surface area contributed by atoms with Gasteiger partial charge in [0.25, 0.3) is 0 Å². The summed E-state index contributed by atoms with van der Waals surface area (Å²) in [6.07, 6.45) is 3.13. The van der Waals surface area contributed by atoms with Crippen molar-refractivity contribution < 1.29 is 4.79 Å². The Morgan fingerprint density at radius 1 is 1.35 bits per heavy atom. The molecule has 1 amide bonds. The van der Waals surface area contributed by atoms with Gasteiger partial charge in [-0.15, -0.1) is 0 Å². The maximum atomic E-state index is 11.9. The van der Waals surface area contributed by atoms with Gasteiger partial charge in [-0.05, 0) is 25.5 Å². The van der Waals surface area contributed by atoms with E-state index in [0.717, 1.165) is 25.2 Å². The second-order valence-corrected chi connectivity index (χ2v) is 4.36. The molecule has 0 spiro atoms. The largest absolute Gasteiger partial charge is 0.376 e. The monoisotopic (exact) mass is 230 g/mol. The summed E-state index contributed by atoms with van der Waals surface area (Å²) in [5, 5.41) is 3.14. The molecular formula is C14H18N2O. The van der Waals surface area contributed by atoms with Crippen molar-refractivity contribution in [3.63, 3.8) is 0 Å². The van der Waals surface area contributed by atoms with Gasteiger partial charge in [0.05, 0.1) is 6.54 Å². The van der Waals surface area contributed by atoms with Crippen LogP contribution < -0.4 is 5.32 Å². The number of rotatable bonds is 3. The average molecular weight is 230 g/mol. The van der Waals surface area contributed by atoms with E-state index in [9.17, 15) is 4.79 Å². The van der Waals surface area contributed by atoms with Crippen LogP contribution in [0.1, 0.15) is 13.3 Å². The lowest BCUT2D eigenvalue weighted by molar-refractivity contribution is -0.128. The highest BCUT2D eigenvalue weighted by Crippen LogP contribution is 2.10. The highest BCUT2D eigenvalue weighted by molar-refractivity contribution is 5.81. The number of carbonyl (C=O) groups excluding carboxylic acids is 1. The lowest BCUT2D eigenvalue weighted by Gasteiger charge is -2.25. The van der Waals surface area contributed by atoms with Crippen LogP contribution in [0.2, 0.25) is 0 Å². The predicted molar refractivity (Wildman–Crippen MR) is 69.9 cm³/mol. The molecule has 1 aromatic carbocycles. The summed E-state index contributed by atoms with van der Waals surface area (Å²) < 4.78 is 0. The molecular weight excluding hydrogens is 212 g/mol. The number of anilines is 1. The number of nitrogens with zero attached hydrogens (tertiary/aromatic N) is 1. The highest BCUT2D eigenvalue weighted by atomic mass is 16.2. The third-order valence-electron chi connectivity index (χ3n) is 3.01. The number of hydrogen-bond donors (Lipinski definition) is 1. The Hall–Kier alpha value is -1.77. The van der Waals surface area contributed by atoms with Gasteiger partial charge in [-0.25, -0.2) is 0 Å². The number of benzene rings is 1. The van der Waals surface area contributed by atoms with E-state index >= 15 is 0 Å². The number of para-hydroxylation sites is 1. The molecule has 0 unspecified atom stereocenters. The summed E-state index contributed by atoms with van der Waals surface area (Å²) in [6.45, 7) is 4.08. The molecule has 0 saturated heterocycles. The number of carbonyl (C=O) groups is 1. The van der Waals surface area contributed by atoms with Crippen molar-refractivity contribution in [1.82, 2.24) is 4.90 Å². The fourth-order valence-corrected chi connectivity index (χ4v) is 1.84. The van der Waals surface area contributed by atoms with Gasteiger partial charge in [0.1, 0.15) is 0 Å². The fourth-order valence-electron chi connectivity index (χ4n) is 1.84. The van der Waals surface area contributed by atoms with E-state index in [0.29, 0.717) is 6.54 Å². The Bertz CT molecular complexity index is 411. The quantitative estimate of drug-likeness (QED) is 0.808. The first-order valence-electron chi connectivity index (χ1n) is 5.98. The maximum Gasteiger partial charge on any atom is 0.242 e. The van der Waals surface area contributed by atoms with Crippen LogP contribution in [0.15, 0.2) is 42.0 Å². The van der Waals surface area contributed by atoms with E-state index in [2.05, 4.69) is 18.3 Å². The third kappa shape index (κ3) is 3.34. The van der Waals surface area contributed by atoms with Crippen LogP contribution in [0.4, 0.5) is 5.69 Å². The maximum absolute atomic E-state index is 11.9. The second kappa shape index (κ2) is 5.53. The van der Waals surface area contributed by atoms with Crippen molar-refractivity contribution in [3.05, 3.63) is 42.0 Å². The van der Waals surface area contributed by atoms with Crippen LogP contribution in [0.3, 0.4) is 0 Å². The molecule has 1 N–H and O–H groups in total. The molecule has 0 saturated carbocycles. The molecule has 1 aliphatic rings. The van der Waals surface area contributed by atoms with Crippen molar-refractivity contribution in [1.29, 1.82) is 0 Å². The zero-order chi connectivity index (χ0) is 12.1. The first-order valence-corrected chi connectivity index (χ1v) is 5.98. The van der Waals surface area contributed by atoms with Gasteiger partial charge in [-0.3, -0.25) is 4.79 Å². The summed E-state index contributed by atoms with van der Waals surface area (Å²) >= 11 is 0. The molecule has 1 aromatic rings. The summed E-state index contributed by atoms with van der Waals surface area (Å²) in [7, 11) is 0. The van der Waals surface area contributed by atoms with E-state index < -0.39 is 0 Å². The Morgan fingerprint density at radius 3 is 2.76 bits per heavy atom.